The van der Waals surface area contributed by atoms with Crippen LogP contribution in [0.1, 0.15) is 22.6 Å². The zero-order valence-electron chi connectivity index (χ0n) is 13.1. The van der Waals surface area contributed by atoms with E-state index in [9.17, 15) is 0 Å². The van der Waals surface area contributed by atoms with Gasteiger partial charge in [-0.05, 0) is 28.5 Å². The van der Waals surface area contributed by atoms with Gasteiger partial charge in [-0.3, -0.25) is 0 Å². The van der Waals surface area contributed by atoms with E-state index in [1.807, 2.05) is 12.1 Å². The molecule has 0 spiro atoms. The van der Waals surface area contributed by atoms with E-state index in [2.05, 4.69) is 78.9 Å². The van der Waals surface area contributed by atoms with Crippen molar-refractivity contribution in [1.29, 1.82) is 0 Å². The molecule has 0 amide bonds. The minimum Gasteiger partial charge on any atom is -0.457 e. The summed E-state index contributed by atoms with van der Waals surface area (Å²) in [5.41, 5.74) is 3.79. The molecule has 0 aromatic heterocycles. The van der Waals surface area contributed by atoms with Gasteiger partial charge in [-0.25, -0.2) is 0 Å². The van der Waals surface area contributed by atoms with Crippen LogP contribution >= 0.6 is 0 Å². The molecule has 0 saturated carbocycles. The summed E-state index contributed by atoms with van der Waals surface area (Å²) in [6.07, 6.45) is 0. The maximum Gasteiger partial charge on any atom is 0.131 e. The highest BCUT2D eigenvalue weighted by Crippen LogP contribution is 2.48. The molecule has 0 radical (unpaired) electrons. The Labute approximate surface area is 141 Å². The first-order valence-electron chi connectivity index (χ1n) is 8.25. The lowest BCUT2D eigenvalue weighted by molar-refractivity contribution is 0.453. The molecule has 114 valence electrons. The van der Waals surface area contributed by atoms with Crippen LogP contribution in [0.3, 0.4) is 0 Å². The Bertz CT molecular complexity index is 998. The van der Waals surface area contributed by atoms with Gasteiger partial charge < -0.3 is 4.74 Å². The molecule has 0 N–H and O–H groups in total. The van der Waals surface area contributed by atoms with Crippen molar-refractivity contribution in [3.05, 3.63) is 108 Å². The van der Waals surface area contributed by atoms with E-state index in [1.54, 1.807) is 0 Å². The fourth-order valence-corrected chi connectivity index (χ4v) is 3.75. The molecule has 0 saturated heterocycles. The Morgan fingerprint density at radius 2 is 1.04 bits per heavy atom. The van der Waals surface area contributed by atoms with Crippen LogP contribution in [-0.2, 0) is 0 Å². The minimum atomic E-state index is 0.192. The molecule has 5 rings (SSSR count). The van der Waals surface area contributed by atoms with Crippen molar-refractivity contribution in [2.75, 3.05) is 0 Å². The second kappa shape index (κ2) is 5.24. The monoisotopic (exact) mass is 308 g/mol. The number of benzene rings is 4. The molecule has 0 bridgehead atoms. The van der Waals surface area contributed by atoms with Gasteiger partial charge in [0.25, 0.3) is 0 Å². The van der Waals surface area contributed by atoms with Gasteiger partial charge in [0.2, 0.25) is 0 Å². The van der Waals surface area contributed by atoms with Crippen LogP contribution in [0.25, 0.3) is 10.8 Å². The van der Waals surface area contributed by atoms with Crippen molar-refractivity contribution in [2.45, 2.75) is 5.92 Å². The van der Waals surface area contributed by atoms with Crippen molar-refractivity contribution in [3.8, 4) is 11.5 Å². The Hall–Kier alpha value is -3.06. The standard InChI is InChI=1S/C23H16O/c1-2-10-17-16(8-1)9-7-13-18(17)23-19-11-3-5-14-21(19)24-22-15-6-4-12-20(22)23/h1-15,23H. The molecule has 0 aliphatic carbocycles. The first kappa shape index (κ1) is 13.4. The average Bonchev–Trinajstić information content (AvgIpc) is 2.66. The smallest absolute Gasteiger partial charge is 0.131 e. The van der Waals surface area contributed by atoms with E-state index >= 15 is 0 Å². The predicted molar refractivity (Wildman–Crippen MR) is 97.9 cm³/mol. The van der Waals surface area contributed by atoms with Crippen LogP contribution in [0.5, 0.6) is 11.5 Å². The maximum atomic E-state index is 6.14. The lowest BCUT2D eigenvalue weighted by Gasteiger charge is -2.29. The van der Waals surface area contributed by atoms with Gasteiger partial charge in [0.1, 0.15) is 11.5 Å². The van der Waals surface area contributed by atoms with Gasteiger partial charge >= 0.3 is 0 Å². The molecule has 0 fully saturated rings. The third-order valence-corrected chi connectivity index (χ3v) is 4.81. The first-order valence-corrected chi connectivity index (χ1v) is 8.25. The summed E-state index contributed by atoms with van der Waals surface area (Å²) in [4.78, 5) is 0. The van der Waals surface area contributed by atoms with Crippen LogP contribution in [0.4, 0.5) is 0 Å². The van der Waals surface area contributed by atoms with E-state index in [-0.39, 0.29) is 5.92 Å². The molecule has 1 aliphatic rings. The number of para-hydroxylation sites is 2. The quantitative estimate of drug-likeness (QED) is 0.362. The lowest BCUT2D eigenvalue weighted by Crippen LogP contribution is -2.11. The molecule has 4 aromatic carbocycles. The van der Waals surface area contributed by atoms with Gasteiger partial charge in [0.15, 0.2) is 0 Å². The van der Waals surface area contributed by atoms with Crippen LogP contribution < -0.4 is 4.74 Å². The molecule has 0 atom stereocenters. The Kier molecular flexibility index (Phi) is 2.92. The second-order valence-corrected chi connectivity index (χ2v) is 6.18. The highest BCUT2D eigenvalue weighted by Gasteiger charge is 2.28. The third kappa shape index (κ3) is 1.95. The Morgan fingerprint density at radius 1 is 0.500 bits per heavy atom. The van der Waals surface area contributed by atoms with Gasteiger partial charge in [0, 0.05) is 17.0 Å². The highest BCUT2D eigenvalue weighted by atomic mass is 16.5. The summed E-state index contributed by atoms with van der Waals surface area (Å²) in [7, 11) is 0. The highest BCUT2D eigenvalue weighted by molar-refractivity contribution is 5.87. The molecular weight excluding hydrogens is 292 g/mol. The first-order chi connectivity index (χ1) is 11.9. The van der Waals surface area contributed by atoms with Gasteiger partial charge in [-0.1, -0.05) is 78.9 Å². The topological polar surface area (TPSA) is 9.23 Å². The summed E-state index contributed by atoms with van der Waals surface area (Å²) < 4.78 is 6.14. The summed E-state index contributed by atoms with van der Waals surface area (Å²) >= 11 is 0. The molecule has 0 unspecified atom stereocenters. The number of fused-ring (bicyclic) bond motifs is 3. The van der Waals surface area contributed by atoms with Crippen molar-refractivity contribution < 1.29 is 4.74 Å². The largest absolute Gasteiger partial charge is 0.457 e. The average molecular weight is 308 g/mol. The van der Waals surface area contributed by atoms with Crippen molar-refractivity contribution in [1.82, 2.24) is 0 Å². The van der Waals surface area contributed by atoms with Gasteiger partial charge in [0.05, 0.1) is 0 Å². The van der Waals surface area contributed by atoms with Crippen LogP contribution in [0, 0.1) is 0 Å². The van der Waals surface area contributed by atoms with E-state index in [1.165, 1.54) is 27.5 Å². The van der Waals surface area contributed by atoms with Crippen molar-refractivity contribution >= 4 is 10.8 Å². The zero-order chi connectivity index (χ0) is 15.9. The normalized spacial score (nSPS) is 13.2. The van der Waals surface area contributed by atoms with Crippen molar-refractivity contribution in [3.63, 3.8) is 0 Å². The summed E-state index contributed by atoms with van der Waals surface area (Å²) in [5.74, 6) is 2.10. The number of ether oxygens (including phenoxy) is 1. The van der Waals surface area contributed by atoms with Crippen LogP contribution in [-0.4, -0.2) is 0 Å². The fourth-order valence-electron chi connectivity index (χ4n) is 3.75. The second-order valence-electron chi connectivity index (χ2n) is 6.18. The number of hydrogen-bond donors (Lipinski definition) is 0. The van der Waals surface area contributed by atoms with E-state index in [0.29, 0.717) is 0 Å². The molecule has 1 heterocycles. The predicted octanol–water partition coefficient (Wildman–Crippen LogP) is 6.13. The van der Waals surface area contributed by atoms with E-state index < -0.39 is 0 Å². The molecule has 1 aliphatic heterocycles. The Morgan fingerprint density at radius 3 is 1.79 bits per heavy atom. The summed E-state index contributed by atoms with van der Waals surface area (Å²) in [5, 5.41) is 2.58. The lowest BCUT2D eigenvalue weighted by atomic mass is 9.81. The molecule has 24 heavy (non-hydrogen) atoms. The zero-order valence-corrected chi connectivity index (χ0v) is 13.1. The number of rotatable bonds is 1. The van der Waals surface area contributed by atoms with Gasteiger partial charge in [-0.15, -0.1) is 0 Å². The Balaban J connectivity index is 1.84. The third-order valence-electron chi connectivity index (χ3n) is 4.81. The summed E-state index contributed by atoms with van der Waals surface area (Å²) in [6, 6.07) is 31.9. The fraction of sp³-hybridized carbons (Fsp3) is 0.0435. The number of hydrogen-bond acceptors (Lipinski definition) is 1. The van der Waals surface area contributed by atoms with Crippen LogP contribution in [0.15, 0.2) is 91.0 Å². The minimum absolute atomic E-state index is 0.192. The van der Waals surface area contributed by atoms with E-state index in [4.69, 9.17) is 4.74 Å². The SMILES string of the molecule is c1ccc2c(c1)Oc1ccccc1C2c1cccc2ccccc12. The van der Waals surface area contributed by atoms with Crippen molar-refractivity contribution in [2.24, 2.45) is 0 Å². The molecule has 4 aromatic rings. The van der Waals surface area contributed by atoms with E-state index in [0.717, 1.165) is 11.5 Å². The maximum absolute atomic E-state index is 6.14. The summed E-state index contributed by atoms with van der Waals surface area (Å²) in [6.45, 7) is 0. The molecular formula is C23H16O. The van der Waals surface area contributed by atoms with Crippen LogP contribution in [0.2, 0.25) is 0 Å². The molecule has 1 nitrogen and oxygen atoms in total. The van der Waals surface area contributed by atoms with Gasteiger partial charge in [-0.2, -0.15) is 0 Å². The molecule has 1 heteroatoms.